The lowest BCUT2D eigenvalue weighted by atomic mass is 10.2. The molecule has 1 saturated carbocycles. The summed E-state index contributed by atoms with van der Waals surface area (Å²) in [7, 11) is 0. The van der Waals surface area contributed by atoms with Crippen molar-refractivity contribution in [2.75, 3.05) is 6.54 Å². The summed E-state index contributed by atoms with van der Waals surface area (Å²) < 4.78 is 0.948. The first-order valence-corrected chi connectivity index (χ1v) is 6.86. The highest BCUT2D eigenvalue weighted by Crippen LogP contribution is 2.26. The number of nitrogens with one attached hydrogen (secondary N) is 1. The van der Waals surface area contributed by atoms with Crippen molar-refractivity contribution in [3.05, 3.63) is 34.3 Å². The van der Waals surface area contributed by atoms with E-state index in [1.165, 1.54) is 4.90 Å². The molecule has 0 unspecified atom stereocenters. The summed E-state index contributed by atoms with van der Waals surface area (Å²) in [6, 6.07) is 7.39. The summed E-state index contributed by atoms with van der Waals surface area (Å²) in [5, 5.41) is 11.6. The Labute approximate surface area is 119 Å². The molecule has 2 N–H and O–H groups in total. The van der Waals surface area contributed by atoms with E-state index in [1.807, 2.05) is 24.3 Å². The lowest BCUT2D eigenvalue weighted by molar-refractivity contribution is -0.137. The lowest BCUT2D eigenvalue weighted by Crippen LogP contribution is -2.43. The molecule has 0 heterocycles. The first-order valence-electron chi connectivity index (χ1n) is 6.07. The normalized spacial score (nSPS) is 13.9. The zero-order valence-corrected chi connectivity index (χ0v) is 11.9. The largest absolute Gasteiger partial charge is 0.480 e. The van der Waals surface area contributed by atoms with E-state index < -0.39 is 5.97 Å². The van der Waals surface area contributed by atoms with Gasteiger partial charge in [0.2, 0.25) is 0 Å². The molecule has 6 heteroatoms. The zero-order valence-electron chi connectivity index (χ0n) is 10.3. The number of urea groups is 1. The molecule has 1 aliphatic rings. The van der Waals surface area contributed by atoms with Crippen molar-refractivity contribution >= 4 is 27.9 Å². The van der Waals surface area contributed by atoms with E-state index in [1.54, 1.807) is 0 Å². The molecule has 0 aliphatic heterocycles. The number of carboxylic acid groups (broad SMARTS) is 1. The van der Waals surface area contributed by atoms with Gasteiger partial charge >= 0.3 is 12.0 Å². The monoisotopic (exact) mass is 326 g/mol. The van der Waals surface area contributed by atoms with Crippen LogP contribution in [0.3, 0.4) is 0 Å². The first kappa shape index (κ1) is 13.9. The van der Waals surface area contributed by atoms with E-state index >= 15 is 0 Å². The van der Waals surface area contributed by atoms with E-state index in [0.29, 0.717) is 6.54 Å². The van der Waals surface area contributed by atoms with Crippen molar-refractivity contribution in [1.82, 2.24) is 10.2 Å². The fraction of sp³-hybridized carbons (Fsp3) is 0.385. The fourth-order valence-electron chi connectivity index (χ4n) is 1.82. The molecule has 1 fully saturated rings. The van der Waals surface area contributed by atoms with Crippen LogP contribution in [-0.4, -0.2) is 34.6 Å². The molecule has 0 radical (unpaired) electrons. The van der Waals surface area contributed by atoms with Crippen LogP contribution >= 0.6 is 15.9 Å². The quantitative estimate of drug-likeness (QED) is 0.871. The fourth-order valence-corrected chi connectivity index (χ4v) is 2.27. The summed E-state index contributed by atoms with van der Waals surface area (Å²) in [4.78, 5) is 24.1. The van der Waals surface area contributed by atoms with Gasteiger partial charge in [0.05, 0.1) is 0 Å². The van der Waals surface area contributed by atoms with Gasteiger partial charge in [-0.3, -0.25) is 4.79 Å². The molecule has 0 saturated heterocycles. The molecule has 0 aromatic heterocycles. The molecule has 1 aliphatic carbocycles. The molecule has 2 rings (SSSR count). The minimum atomic E-state index is -0.982. The molecule has 0 spiro atoms. The second-order valence-electron chi connectivity index (χ2n) is 4.54. The number of nitrogens with zero attached hydrogens (tertiary/aromatic N) is 1. The predicted octanol–water partition coefficient (Wildman–Crippen LogP) is 2.21. The number of halogens is 1. The molecule has 2 amide bonds. The maximum Gasteiger partial charge on any atom is 0.323 e. The molecular formula is C13H15BrN2O3. The Morgan fingerprint density at radius 1 is 1.42 bits per heavy atom. The van der Waals surface area contributed by atoms with Crippen LogP contribution in [0.2, 0.25) is 0 Å². The van der Waals surface area contributed by atoms with Crippen molar-refractivity contribution in [3.8, 4) is 0 Å². The molecule has 19 heavy (non-hydrogen) atoms. The Kier molecular flexibility index (Phi) is 4.42. The van der Waals surface area contributed by atoms with Gasteiger partial charge in [0.25, 0.3) is 0 Å². The van der Waals surface area contributed by atoms with Gasteiger partial charge in [-0.2, -0.15) is 0 Å². The van der Waals surface area contributed by atoms with Crippen LogP contribution in [0.5, 0.6) is 0 Å². The summed E-state index contributed by atoms with van der Waals surface area (Å²) in [6.45, 7) is 0.149. The van der Waals surface area contributed by atoms with Crippen molar-refractivity contribution in [1.29, 1.82) is 0 Å². The number of carbonyl (C=O) groups excluding carboxylic acids is 1. The number of rotatable bonds is 5. The zero-order chi connectivity index (χ0) is 13.8. The van der Waals surface area contributed by atoms with Gasteiger partial charge in [0.15, 0.2) is 0 Å². The Balaban J connectivity index is 1.90. The van der Waals surface area contributed by atoms with Crippen LogP contribution in [0.1, 0.15) is 18.4 Å². The van der Waals surface area contributed by atoms with E-state index in [-0.39, 0.29) is 18.6 Å². The number of hydrogen-bond donors (Lipinski definition) is 2. The number of hydrogen-bond acceptors (Lipinski definition) is 2. The van der Waals surface area contributed by atoms with Gasteiger partial charge in [0.1, 0.15) is 6.54 Å². The number of amides is 2. The summed E-state index contributed by atoms with van der Waals surface area (Å²) in [5.74, 6) is -0.982. The van der Waals surface area contributed by atoms with E-state index in [9.17, 15) is 9.59 Å². The third-order valence-electron chi connectivity index (χ3n) is 2.89. The number of carbonyl (C=O) groups is 2. The standard InChI is InChI=1S/C13H15BrN2O3/c14-10-3-1-2-9(6-10)7-15-13(19)16(8-12(17)18)11-4-5-11/h1-3,6,11H,4-5,7-8H2,(H,15,19)(H,17,18). The highest BCUT2D eigenvalue weighted by atomic mass is 79.9. The third-order valence-corrected chi connectivity index (χ3v) is 3.38. The topological polar surface area (TPSA) is 69.6 Å². The first-order chi connectivity index (χ1) is 9.06. The maximum absolute atomic E-state index is 12.0. The van der Waals surface area contributed by atoms with Crippen molar-refractivity contribution in [3.63, 3.8) is 0 Å². The van der Waals surface area contributed by atoms with Crippen LogP contribution in [0.4, 0.5) is 4.79 Å². The van der Waals surface area contributed by atoms with Crippen molar-refractivity contribution in [2.45, 2.75) is 25.4 Å². The van der Waals surface area contributed by atoms with Crippen LogP contribution in [0.25, 0.3) is 0 Å². The Bertz CT molecular complexity index is 489. The summed E-state index contributed by atoms with van der Waals surface area (Å²) in [6.07, 6.45) is 1.77. The SMILES string of the molecule is O=C(O)CN(C(=O)NCc1cccc(Br)c1)C1CC1. The van der Waals surface area contributed by atoms with Crippen LogP contribution < -0.4 is 5.32 Å². The minimum absolute atomic E-state index is 0.0820. The molecule has 0 atom stereocenters. The molecule has 0 bridgehead atoms. The number of carboxylic acids is 1. The molecule has 1 aromatic carbocycles. The number of aliphatic carboxylic acids is 1. The second kappa shape index (κ2) is 6.06. The minimum Gasteiger partial charge on any atom is -0.480 e. The second-order valence-corrected chi connectivity index (χ2v) is 5.46. The van der Waals surface area contributed by atoms with E-state index in [2.05, 4.69) is 21.2 Å². The van der Waals surface area contributed by atoms with Gasteiger partial charge in [-0.05, 0) is 30.5 Å². The van der Waals surface area contributed by atoms with Gasteiger partial charge in [0, 0.05) is 17.1 Å². The Hall–Kier alpha value is -1.56. The molecule has 102 valence electrons. The van der Waals surface area contributed by atoms with Crippen LogP contribution in [-0.2, 0) is 11.3 Å². The predicted molar refractivity (Wildman–Crippen MR) is 73.7 cm³/mol. The molecular weight excluding hydrogens is 312 g/mol. The smallest absolute Gasteiger partial charge is 0.323 e. The highest BCUT2D eigenvalue weighted by molar-refractivity contribution is 9.10. The van der Waals surface area contributed by atoms with Gasteiger partial charge in [-0.25, -0.2) is 4.79 Å². The van der Waals surface area contributed by atoms with Gasteiger partial charge < -0.3 is 15.3 Å². The van der Waals surface area contributed by atoms with Crippen LogP contribution in [0, 0.1) is 0 Å². The van der Waals surface area contributed by atoms with Gasteiger partial charge in [-0.1, -0.05) is 28.1 Å². The third kappa shape index (κ3) is 4.24. The summed E-state index contributed by atoms with van der Waals surface area (Å²) in [5.41, 5.74) is 0.966. The van der Waals surface area contributed by atoms with Crippen molar-refractivity contribution < 1.29 is 14.7 Å². The Morgan fingerprint density at radius 3 is 2.74 bits per heavy atom. The van der Waals surface area contributed by atoms with E-state index in [4.69, 9.17) is 5.11 Å². The number of benzene rings is 1. The summed E-state index contributed by atoms with van der Waals surface area (Å²) >= 11 is 3.36. The van der Waals surface area contributed by atoms with Gasteiger partial charge in [-0.15, -0.1) is 0 Å². The Morgan fingerprint density at radius 2 is 2.16 bits per heavy atom. The lowest BCUT2D eigenvalue weighted by Gasteiger charge is -2.20. The highest BCUT2D eigenvalue weighted by Gasteiger charge is 2.33. The van der Waals surface area contributed by atoms with Crippen LogP contribution in [0.15, 0.2) is 28.7 Å². The molecule has 1 aromatic rings. The maximum atomic E-state index is 12.0. The molecule has 5 nitrogen and oxygen atoms in total. The average Bonchev–Trinajstić information content (AvgIpc) is 3.17. The average molecular weight is 327 g/mol. The van der Waals surface area contributed by atoms with E-state index in [0.717, 1.165) is 22.9 Å². The van der Waals surface area contributed by atoms with Crippen molar-refractivity contribution in [2.24, 2.45) is 0 Å².